The Kier molecular flexibility index (Phi) is 2.10. The van der Waals surface area contributed by atoms with Crippen molar-refractivity contribution in [1.82, 2.24) is 0 Å². The van der Waals surface area contributed by atoms with Crippen molar-refractivity contribution in [3.05, 3.63) is 12.2 Å². The molecule has 1 aliphatic heterocycles. The molecule has 1 saturated heterocycles. The molecule has 7 heteroatoms. The van der Waals surface area contributed by atoms with E-state index in [0.717, 1.165) is 0 Å². The third-order valence-electron chi connectivity index (χ3n) is 3.36. The average Bonchev–Trinajstić information content (AvgIpc) is 2.50. The number of aliphatic carboxylic acids is 2. The van der Waals surface area contributed by atoms with Crippen LogP contribution in [0.4, 0.5) is 0 Å². The molecule has 2 atom stereocenters. The lowest BCUT2D eigenvalue weighted by atomic mass is 9.59. The number of carboxylic acid groups (broad SMARTS) is 2. The number of hydrogen-bond acceptors (Lipinski definition) is 5. The van der Waals surface area contributed by atoms with E-state index in [-0.39, 0.29) is 12.8 Å². The number of esters is 2. The summed E-state index contributed by atoms with van der Waals surface area (Å²) in [5, 5.41) is 18.3. The van der Waals surface area contributed by atoms with Crippen LogP contribution in [0.3, 0.4) is 0 Å². The third-order valence-corrected chi connectivity index (χ3v) is 3.36. The number of rotatable bonds is 2. The highest BCUT2D eigenvalue weighted by atomic mass is 16.6. The molecule has 1 aliphatic carbocycles. The van der Waals surface area contributed by atoms with Gasteiger partial charge in [0, 0.05) is 0 Å². The fourth-order valence-corrected chi connectivity index (χ4v) is 2.36. The van der Waals surface area contributed by atoms with Gasteiger partial charge in [0.2, 0.25) is 0 Å². The molecule has 2 N–H and O–H groups in total. The first-order chi connectivity index (χ1) is 7.89. The number of carboxylic acids is 2. The highest BCUT2D eigenvalue weighted by molar-refractivity contribution is 6.21. The zero-order chi connectivity index (χ0) is 12.8. The fraction of sp³-hybridized carbons (Fsp3) is 0.400. The van der Waals surface area contributed by atoms with Gasteiger partial charge in [-0.2, -0.15) is 0 Å². The first-order valence-electron chi connectivity index (χ1n) is 4.78. The SMILES string of the molecule is O=C(O)C12CC=CCC1(C(=O)O)C(=O)OC2=O. The van der Waals surface area contributed by atoms with Gasteiger partial charge in [0.1, 0.15) is 0 Å². The summed E-state index contributed by atoms with van der Waals surface area (Å²) in [6.07, 6.45) is 2.02. The van der Waals surface area contributed by atoms with Crippen molar-refractivity contribution in [2.75, 3.05) is 0 Å². The summed E-state index contributed by atoms with van der Waals surface area (Å²) in [5.74, 6) is -5.91. The lowest BCUT2D eigenvalue weighted by molar-refractivity contribution is -0.176. The number of ether oxygens (including phenoxy) is 1. The molecule has 0 amide bonds. The lowest BCUT2D eigenvalue weighted by Gasteiger charge is -2.34. The van der Waals surface area contributed by atoms with Crippen molar-refractivity contribution < 1.29 is 34.1 Å². The number of cyclic esters (lactones) is 2. The number of carbonyl (C=O) groups is 4. The number of hydrogen-bond donors (Lipinski definition) is 2. The van der Waals surface area contributed by atoms with Gasteiger partial charge in [-0.3, -0.25) is 19.2 Å². The van der Waals surface area contributed by atoms with E-state index in [1.54, 1.807) is 0 Å². The summed E-state index contributed by atoms with van der Waals surface area (Å²) in [5.41, 5.74) is -4.69. The Morgan fingerprint density at radius 1 is 1.00 bits per heavy atom. The Bertz CT molecular complexity index is 435. The molecule has 17 heavy (non-hydrogen) atoms. The van der Waals surface area contributed by atoms with Crippen LogP contribution in [-0.4, -0.2) is 34.1 Å². The minimum atomic E-state index is -2.34. The predicted octanol–water partition coefficient (Wildman–Crippen LogP) is -0.438. The molecule has 0 aromatic carbocycles. The molecule has 0 spiro atoms. The van der Waals surface area contributed by atoms with Gasteiger partial charge < -0.3 is 14.9 Å². The van der Waals surface area contributed by atoms with Gasteiger partial charge in [-0.15, -0.1) is 0 Å². The maximum atomic E-state index is 11.6. The second-order valence-corrected chi connectivity index (χ2v) is 3.98. The Labute approximate surface area is 94.7 Å². The molecule has 2 aliphatic rings. The van der Waals surface area contributed by atoms with Gasteiger partial charge in [0.15, 0.2) is 10.8 Å². The highest BCUT2D eigenvalue weighted by Crippen LogP contribution is 2.54. The minimum absolute atomic E-state index is 0.362. The van der Waals surface area contributed by atoms with E-state index in [1.807, 2.05) is 0 Å². The van der Waals surface area contributed by atoms with Gasteiger partial charge in [0.25, 0.3) is 0 Å². The van der Waals surface area contributed by atoms with Crippen LogP contribution in [0, 0.1) is 10.8 Å². The zero-order valence-corrected chi connectivity index (χ0v) is 8.50. The van der Waals surface area contributed by atoms with Crippen molar-refractivity contribution in [1.29, 1.82) is 0 Å². The predicted molar refractivity (Wildman–Crippen MR) is 49.6 cm³/mol. The number of carbonyl (C=O) groups excluding carboxylic acids is 2. The molecule has 0 aromatic heterocycles. The Hall–Kier alpha value is -2.18. The fourth-order valence-electron chi connectivity index (χ4n) is 2.36. The molecule has 0 saturated carbocycles. The number of fused-ring (bicyclic) bond motifs is 1. The maximum absolute atomic E-state index is 11.6. The van der Waals surface area contributed by atoms with E-state index < -0.39 is 34.7 Å². The average molecular weight is 240 g/mol. The molecule has 1 fully saturated rings. The summed E-state index contributed by atoms with van der Waals surface area (Å²) in [6.45, 7) is 0. The molecular formula is C10H8O7. The Balaban J connectivity index is 2.76. The van der Waals surface area contributed by atoms with E-state index in [2.05, 4.69) is 4.74 Å². The van der Waals surface area contributed by atoms with E-state index >= 15 is 0 Å². The molecule has 2 rings (SSSR count). The molecular weight excluding hydrogens is 232 g/mol. The van der Waals surface area contributed by atoms with Crippen LogP contribution in [0.25, 0.3) is 0 Å². The van der Waals surface area contributed by atoms with Gasteiger partial charge >= 0.3 is 23.9 Å². The number of allylic oxidation sites excluding steroid dienone is 2. The van der Waals surface area contributed by atoms with E-state index in [0.29, 0.717) is 0 Å². The molecule has 1 heterocycles. The second-order valence-electron chi connectivity index (χ2n) is 3.98. The Morgan fingerprint density at radius 2 is 1.35 bits per heavy atom. The summed E-state index contributed by atoms with van der Waals surface area (Å²) < 4.78 is 4.26. The van der Waals surface area contributed by atoms with Crippen molar-refractivity contribution in [3.8, 4) is 0 Å². The smallest absolute Gasteiger partial charge is 0.333 e. The summed E-state index contributed by atoms with van der Waals surface area (Å²) >= 11 is 0. The van der Waals surface area contributed by atoms with Crippen LogP contribution < -0.4 is 0 Å². The van der Waals surface area contributed by atoms with Crippen LogP contribution in [-0.2, 0) is 23.9 Å². The highest BCUT2D eigenvalue weighted by Gasteiger charge is 2.77. The molecule has 90 valence electrons. The topological polar surface area (TPSA) is 118 Å². The van der Waals surface area contributed by atoms with Crippen LogP contribution in [0.15, 0.2) is 12.2 Å². The normalized spacial score (nSPS) is 35.3. The minimum Gasteiger partial charge on any atom is -0.480 e. The van der Waals surface area contributed by atoms with E-state index in [1.165, 1.54) is 12.2 Å². The molecule has 0 bridgehead atoms. The molecule has 7 nitrogen and oxygen atoms in total. The molecule has 0 aromatic rings. The van der Waals surface area contributed by atoms with E-state index in [9.17, 15) is 19.2 Å². The van der Waals surface area contributed by atoms with Crippen LogP contribution in [0.2, 0.25) is 0 Å². The Morgan fingerprint density at radius 3 is 1.65 bits per heavy atom. The van der Waals surface area contributed by atoms with Crippen molar-refractivity contribution in [2.45, 2.75) is 12.8 Å². The third kappa shape index (κ3) is 1.01. The van der Waals surface area contributed by atoms with Crippen LogP contribution >= 0.6 is 0 Å². The second kappa shape index (κ2) is 3.16. The summed E-state index contributed by atoms with van der Waals surface area (Å²) in [7, 11) is 0. The molecule has 0 radical (unpaired) electrons. The first kappa shape index (κ1) is 11.3. The first-order valence-corrected chi connectivity index (χ1v) is 4.78. The quantitative estimate of drug-likeness (QED) is 0.381. The molecule has 2 unspecified atom stereocenters. The van der Waals surface area contributed by atoms with Crippen LogP contribution in [0.5, 0.6) is 0 Å². The van der Waals surface area contributed by atoms with Crippen LogP contribution in [0.1, 0.15) is 12.8 Å². The summed E-state index contributed by atoms with van der Waals surface area (Å²) in [6, 6.07) is 0. The van der Waals surface area contributed by atoms with E-state index in [4.69, 9.17) is 10.2 Å². The largest absolute Gasteiger partial charge is 0.480 e. The van der Waals surface area contributed by atoms with Gasteiger partial charge in [-0.25, -0.2) is 0 Å². The van der Waals surface area contributed by atoms with Gasteiger partial charge in [-0.1, -0.05) is 12.2 Å². The van der Waals surface area contributed by atoms with Crippen molar-refractivity contribution >= 4 is 23.9 Å². The lowest BCUT2D eigenvalue weighted by Crippen LogP contribution is -2.55. The zero-order valence-electron chi connectivity index (χ0n) is 8.50. The van der Waals surface area contributed by atoms with Gasteiger partial charge in [0.05, 0.1) is 0 Å². The van der Waals surface area contributed by atoms with Gasteiger partial charge in [-0.05, 0) is 12.8 Å². The monoisotopic (exact) mass is 240 g/mol. The maximum Gasteiger partial charge on any atom is 0.333 e. The van der Waals surface area contributed by atoms with Crippen molar-refractivity contribution in [3.63, 3.8) is 0 Å². The standard InChI is InChI=1S/C10H8O7/c11-5(12)9-3-1-2-4-10(9,6(13)14)8(16)17-7(9)15/h1-2H,3-4H2,(H,11,12)(H,13,14). The van der Waals surface area contributed by atoms with Crippen molar-refractivity contribution in [2.24, 2.45) is 10.8 Å². The summed E-state index contributed by atoms with van der Waals surface area (Å²) in [4.78, 5) is 45.7.